The Bertz CT molecular complexity index is 458. The first-order chi connectivity index (χ1) is 8.45. The van der Waals surface area contributed by atoms with Gasteiger partial charge in [-0.15, -0.1) is 0 Å². The second kappa shape index (κ2) is 6.14. The quantitative estimate of drug-likeness (QED) is 0.645. The van der Waals surface area contributed by atoms with Crippen molar-refractivity contribution in [3.8, 4) is 0 Å². The van der Waals surface area contributed by atoms with E-state index in [4.69, 9.17) is 0 Å². The molecule has 0 heterocycles. The fraction of sp³-hybridized carbons (Fsp3) is 0.462. The number of carbonyl (C=O) groups is 1. The molecule has 0 unspecified atom stereocenters. The molecule has 1 N–H and O–H groups in total. The van der Waals surface area contributed by atoms with Crippen LogP contribution in [0.1, 0.15) is 42.6 Å². The van der Waals surface area contributed by atoms with Crippen LogP contribution in [0.25, 0.3) is 0 Å². The molecule has 0 fully saturated rings. The summed E-state index contributed by atoms with van der Waals surface area (Å²) in [6.45, 7) is 5.63. The van der Waals surface area contributed by atoms with Gasteiger partial charge in [-0.05, 0) is 32.4 Å². The maximum Gasteiger partial charge on any atom is 0.272 e. The van der Waals surface area contributed by atoms with E-state index in [1.807, 2.05) is 6.92 Å². The van der Waals surface area contributed by atoms with Gasteiger partial charge in [-0.1, -0.05) is 13.3 Å². The van der Waals surface area contributed by atoms with E-state index in [1.54, 1.807) is 13.0 Å². The molecule has 0 radical (unpaired) electrons. The van der Waals surface area contributed by atoms with Crippen molar-refractivity contribution >= 4 is 11.6 Å². The smallest absolute Gasteiger partial charge is 0.272 e. The summed E-state index contributed by atoms with van der Waals surface area (Å²) >= 11 is 0. The van der Waals surface area contributed by atoms with Crippen molar-refractivity contribution in [1.29, 1.82) is 0 Å². The highest BCUT2D eigenvalue weighted by molar-refractivity contribution is 5.94. The summed E-state index contributed by atoms with van der Waals surface area (Å²) in [5.74, 6) is -0.186. The van der Waals surface area contributed by atoms with Crippen LogP contribution in [0, 0.1) is 17.0 Å². The van der Waals surface area contributed by atoms with Gasteiger partial charge in [-0.2, -0.15) is 0 Å². The minimum absolute atomic E-state index is 0.0353. The number of nitrogens with zero attached hydrogens (tertiary/aromatic N) is 1. The maximum atomic E-state index is 11.9. The van der Waals surface area contributed by atoms with Crippen LogP contribution in [0.4, 0.5) is 5.69 Å². The van der Waals surface area contributed by atoms with Gasteiger partial charge in [0.05, 0.1) is 4.92 Å². The molecular weight excluding hydrogens is 232 g/mol. The van der Waals surface area contributed by atoms with E-state index in [2.05, 4.69) is 12.2 Å². The summed E-state index contributed by atoms with van der Waals surface area (Å²) in [5.41, 5.74) is 0.991. The minimum atomic E-state index is -0.448. The first-order valence-corrected chi connectivity index (χ1v) is 6.01. The van der Waals surface area contributed by atoms with E-state index >= 15 is 0 Å². The number of benzene rings is 1. The third-order valence-electron chi connectivity index (χ3n) is 2.75. The van der Waals surface area contributed by atoms with Crippen molar-refractivity contribution in [2.45, 2.75) is 39.7 Å². The molecule has 0 aliphatic rings. The number of carbonyl (C=O) groups excluding carboxylic acids is 1. The largest absolute Gasteiger partial charge is 0.350 e. The predicted molar refractivity (Wildman–Crippen MR) is 69.7 cm³/mol. The van der Waals surface area contributed by atoms with Crippen molar-refractivity contribution in [3.63, 3.8) is 0 Å². The van der Waals surface area contributed by atoms with Crippen LogP contribution in [0.15, 0.2) is 18.2 Å². The molecule has 1 rings (SSSR count). The van der Waals surface area contributed by atoms with E-state index in [1.165, 1.54) is 12.1 Å². The second-order valence-electron chi connectivity index (χ2n) is 4.42. The Balaban J connectivity index is 2.81. The average molecular weight is 250 g/mol. The van der Waals surface area contributed by atoms with Crippen molar-refractivity contribution in [1.82, 2.24) is 5.32 Å². The third kappa shape index (κ3) is 3.55. The highest BCUT2D eigenvalue weighted by Crippen LogP contribution is 2.18. The van der Waals surface area contributed by atoms with Crippen LogP contribution in [0.5, 0.6) is 0 Å². The first-order valence-electron chi connectivity index (χ1n) is 6.01. The molecule has 0 aromatic heterocycles. The van der Waals surface area contributed by atoms with E-state index in [0.29, 0.717) is 11.1 Å². The third-order valence-corrected chi connectivity index (χ3v) is 2.75. The lowest BCUT2D eigenvalue weighted by molar-refractivity contribution is -0.385. The molecule has 1 amide bonds. The van der Waals surface area contributed by atoms with Gasteiger partial charge in [0.15, 0.2) is 0 Å². The standard InChI is InChI=1S/C13H18N2O3/c1-4-5-10(3)14-13(16)11-6-7-12(15(17)18)9(2)8-11/h6-8,10H,4-5H2,1-3H3,(H,14,16)/t10-/m1/s1. The molecule has 0 aliphatic heterocycles. The van der Waals surface area contributed by atoms with Gasteiger partial charge in [0.2, 0.25) is 0 Å². The second-order valence-corrected chi connectivity index (χ2v) is 4.42. The molecule has 1 aromatic rings. The van der Waals surface area contributed by atoms with Gasteiger partial charge in [-0.3, -0.25) is 14.9 Å². The lowest BCUT2D eigenvalue weighted by Crippen LogP contribution is -2.32. The summed E-state index contributed by atoms with van der Waals surface area (Å²) in [6.07, 6.45) is 1.92. The average Bonchev–Trinajstić information content (AvgIpc) is 2.28. The summed E-state index contributed by atoms with van der Waals surface area (Å²) < 4.78 is 0. The van der Waals surface area contributed by atoms with E-state index < -0.39 is 4.92 Å². The van der Waals surface area contributed by atoms with Crippen LogP contribution < -0.4 is 5.32 Å². The Hall–Kier alpha value is -1.91. The molecule has 0 bridgehead atoms. The Morgan fingerprint density at radius 3 is 2.67 bits per heavy atom. The van der Waals surface area contributed by atoms with E-state index in [9.17, 15) is 14.9 Å². The Kier molecular flexibility index (Phi) is 4.83. The zero-order valence-electron chi connectivity index (χ0n) is 10.9. The monoisotopic (exact) mass is 250 g/mol. The van der Waals surface area contributed by atoms with Crippen LogP contribution in [-0.4, -0.2) is 16.9 Å². The molecular formula is C13H18N2O3. The summed E-state index contributed by atoms with van der Waals surface area (Å²) in [5, 5.41) is 13.5. The number of aryl methyl sites for hydroxylation is 1. The van der Waals surface area contributed by atoms with Gasteiger partial charge in [0, 0.05) is 23.2 Å². The minimum Gasteiger partial charge on any atom is -0.350 e. The lowest BCUT2D eigenvalue weighted by atomic mass is 10.1. The van der Waals surface area contributed by atoms with E-state index in [-0.39, 0.29) is 17.6 Å². The number of nitro groups is 1. The SMILES string of the molecule is CCC[C@@H](C)NC(=O)c1ccc([N+](=O)[O-])c(C)c1. The Morgan fingerprint density at radius 2 is 2.17 bits per heavy atom. The first kappa shape index (κ1) is 14.2. The topological polar surface area (TPSA) is 72.2 Å². The molecule has 5 heteroatoms. The summed E-state index contributed by atoms with van der Waals surface area (Å²) in [4.78, 5) is 22.1. The van der Waals surface area contributed by atoms with Crippen LogP contribution in [0.2, 0.25) is 0 Å². The normalized spacial score (nSPS) is 11.9. The van der Waals surface area contributed by atoms with Gasteiger partial charge in [-0.25, -0.2) is 0 Å². The summed E-state index contributed by atoms with van der Waals surface area (Å²) in [6, 6.07) is 4.51. The Morgan fingerprint density at radius 1 is 1.50 bits per heavy atom. The van der Waals surface area contributed by atoms with Gasteiger partial charge in [0.1, 0.15) is 0 Å². The van der Waals surface area contributed by atoms with Crippen LogP contribution in [0.3, 0.4) is 0 Å². The number of nitro benzene ring substituents is 1. The van der Waals surface area contributed by atoms with Crippen molar-refractivity contribution in [2.75, 3.05) is 0 Å². The van der Waals surface area contributed by atoms with Crippen LogP contribution in [-0.2, 0) is 0 Å². The Labute approximate surface area is 106 Å². The molecule has 5 nitrogen and oxygen atoms in total. The van der Waals surface area contributed by atoms with Crippen molar-refractivity contribution < 1.29 is 9.72 Å². The zero-order chi connectivity index (χ0) is 13.7. The maximum absolute atomic E-state index is 11.9. The number of hydrogen-bond acceptors (Lipinski definition) is 3. The molecule has 18 heavy (non-hydrogen) atoms. The molecule has 0 aliphatic carbocycles. The molecule has 1 aromatic carbocycles. The fourth-order valence-corrected chi connectivity index (χ4v) is 1.81. The zero-order valence-corrected chi connectivity index (χ0v) is 10.9. The molecule has 0 saturated heterocycles. The number of rotatable bonds is 5. The molecule has 0 spiro atoms. The van der Waals surface area contributed by atoms with Crippen molar-refractivity contribution in [2.24, 2.45) is 0 Å². The summed E-state index contributed by atoms with van der Waals surface area (Å²) in [7, 11) is 0. The highest BCUT2D eigenvalue weighted by Gasteiger charge is 2.14. The van der Waals surface area contributed by atoms with Crippen LogP contribution >= 0.6 is 0 Å². The molecule has 0 saturated carbocycles. The fourth-order valence-electron chi connectivity index (χ4n) is 1.81. The highest BCUT2D eigenvalue weighted by atomic mass is 16.6. The predicted octanol–water partition coefficient (Wildman–Crippen LogP) is 2.82. The van der Waals surface area contributed by atoms with Gasteiger partial charge < -0.3 is 5.32 Å². The molecule has 1 atom stereocenters. The van der Waals surface area contributed by atoms with Gasteiger partial charge in [0.25, 0.3) is 11.6 Å². The number of amides is 1. The lowest BCUT2D eigenvalue weighted by Gasteiger charge is -2.12. The van der Waals surface area contributed by atoms with Crippen molar-refractivity contribution in [3.05, 3.63) is 39.4 Å². The number of nitrogens with one attached hydrogen (secondary N) is 1. The number of hydrogen-bond donors (Lipinski definition) is 1. The van der Waals surface area contributed by atoms with E-state index in [0.717, 1.165) is 12.8 Å². The van der Waals surface area contributed by atoms with Gasteiger partial charge >= 0.3 is 0 Å². The molecule has 98 valence electrons.